The molecule has 1 N–H and O–H groups in total. The van der Waals surface area contributed by atoms with E-state index < -0.39 is 0 Å². The zero-order chi connectivity index (χ0) is 12.0. The molecule has 0 unspecified atom stereocenters. The highest BCUT2D eigenvalue weighted by Gasteiger charge is 2.22. The standard InChI is InChI=1S/C13H13BrFNO/c1-7-10-4-8(15)5-11(14)13(10)17-12(7)6-16-9-2-3-9/h4-5,9,16H,2-3,6H2,1H3. The molecule has 4 heteroatoms. The molecule has 1 aliphatic carbocycles. The van der Waals surface area contributed by atoms with Crippen molar-refractivity contribution in [3.05, 3.63) is 33.7 Å². The smallest absolute Gasteiger partial charge is 0.149 e. The van der Waals surface area contributed by atoms with Gasteiger partial charge in [-0.15, -0.1) is 0 Å². The molecule has 90 valence electrons. The first-order valence-electron chi connectivity index (χ1n) is 5.75. The fourth-order valence-corrected chi connectivity index (χ4v) is 2.50. The molecule has 3 rings (SSSR count). The van der Waals surface area contributed by atoms with Crippen LogP contribution in [-0.4, -0.2) is 6.04 Å². The molecule has 1 saturated carbocycles. The van der Waals surface area contributed by atoms with Crippen molar-refractivity contribution < 1.29 is 8.81 Å². The Morgan fingerprint density at radius 3 is 2.94 bits per heavy atom. The first kappa shape index (κ1) is 11.2. The average Bonchev–Trinajstić information content (AvgIpc) is 3.04. The van der Waals surface area contributed by atoms with E-state index in [1.165, 1.54) is 25.0 Å². The lowest BCUT2D eigenvalue weighted by molar-refractivity contribution is 0.507. The zero-order valence-corrected chi connectivity index (χ0v) is 11.1. The Bertz CT molecular complexity index is 574. The van der Waals surface area contributed by atoms with Crippen LogP contribution in [0.1, 0.15) is 24.2 Å². The van der Waals surface area contributed by atoms with Gasteiger partial charge in [-0.3, -0.25) is 0 Å². The van der Waals surface area contributed by atoms with Crippen molar-refractivity contribution in [2.24, 2.45) is 0 Å². The fourth-order valence-electron chi connectivity index (χ4n) is 1.99. The zero-order valence-electron chi connectivity index (χ0n) is 9.52. The highest BCUT2D eigenvalue weighted by molar-refractivity contribution is 9.10. The summed E-state index contributed by atoms with van der Waals surface area (Å²) in [5.74, 6) is 0.660. The van der Waals surface area contributed by atoms with E-state index in [1.807, 2.05) is 6.92 Å². The van der Waals surface area contributed by atoms with E-state index in [-0.39, 0.29) is 5.82 Å². The van der Waals surface area contributed by atoms with Gasteiger partial charge in [0, 0.05) is 11.4 Å². The normalized spacial score (nSPS) is 15.7. The highest BCUT2D eigenvalue weighted by Crippen LogP contribution is 2.32. The van der Waals surface area contributed by atoms with Crippen molar-refractivity contribution in [1.29, 1.82) is 0 Å². The van der Waals surface area contributed by atoms with Crippen molar-refractivity contribution >= 4 is 26.9 Å². The number of halogens is 2. The molecule has 0 bridgehead atoms. The van der Waals surface area contributed by atoms with E-state index in [1.54, 1.807) is 0 Å². The lowest BCUT2D eigenvalue weighted by Crippen LogP contribution is -2.15. The number of fused-ring (bicyclic) bond motifs is 1. The van der Waals surface area contributed by atoms with Gasteiger partial charge in [0.2, 0.25) is 0 Å². The van der Waals surface area contributed by atoms with Gasteiger partial charge in [0.1, 0.15) is 17.2 Å². The molecule has 0 amide bonds. The van der Waals surface area contributed by atoms with Gasteiger partial charge in [-0.05, 0) is 53.4 Å². The van der Waals surface area contributed by atoms with Crippen molar-refractivity contribution in [2.75, 3.05) is 0 Å². The van der Waals surface area contributed by atoms with Gasteiger partial charge in [0.15, 0.2) is 0 Å². The molecule has 17 heavy (non-hydrogen) atoms. The minimum absolute atomic E-state index is 0.241. The molecule has 1 fully saturated rings. The van der Waals surface area contributed by atoms with Crippen LogP contribution in [0, 0.1) is 12.7 Å². The third-order valence-corrected chi connectivity index (χ3v) is 3.77. The summed E-state index contributed by atoms with van der Waals surface area (Å²) in [6, 6.07) is 3.60. The highest BCUT2D eigenvalue weighted by atomic mass is 79.9. The van der Waals surface area contributed by atoms with E-state index in [2.05, 4.69) is 21.2 Å². The van der Waals surface area contributed by atoms with Gasteiger partial charge in [-0.1, -0.05) is 0 Å². The number of benzene rings is 1. The van der Waals surface area contributed by atoms with Crippen LogP contribution in [0.4, 0.5) is 4.39 Å². The molecular weight excluding hydrogens is 285 g/mol. The topological polar surface area (TPSA) is 25.2 Å². The van der Waals surface area contributed by atoms with Crippen molar-refractivity contribution in [3.8, 4) is 0 Å². The van der Waals surface area contributed by atoms with Gasteiger partial charge in [-0.2, -0.15) is 0 Å². The molecule has 1 heterocycles. The first-order valence-corrected chi connectivity index (χ1v) is 6.55. The Balaban J connectivity index is 2.01. The van der Waals surface area contributed by atoms with Crippen LogP contribution in [0.5, 0.6) is 0 Å². The number of nitrogens with one attached hydrogen (secondary N) is 1. The summed E-state index contributed by atoms with van der Waals surface area (Å²) in [4.78, 5) is 0. The molecule has 1 aromatic heterocycles. The lowest BCUT2D eigenvalue weighted by Gasteiger charge is -1.99. The molecule has 0 radical (unpaired) electrons. The van der Waals surface area contributed by atoms with E-state index in [0.717, 1.165) is 28.8 Å². The molecule has 0 atom stereocenters. The lowest BCUT2D eigenvalue weighted by atomic mass is 10.1. The number of hydrogen-bond acceptors (Lipinski definition) is 2. The molecule has 0 aliphatic heterocycles. The predicted molar refractivity (Wildman–Crippen MR) is 68.5 cm³/mol. The summed E-state index contributed by atoms with van der Waals surface area (Å²) in [5, 5.41) is 4.26. The van der Waals surface area contributed by atoms with Gasteiger partial charge in [0.05, 0.1) is 11.0 Å². The van der Waals surface area contributed by atoms with Crippen LogP contribution < -0.4 is 5.32 Å². The van der Waals surface area contributed by atoms with Gasteiger partial charge in [-0.25, -0.2) is 4.39 Å². The number of furan rings is 1. The Labute approximate surface area is 107 Å². The first-order chi connectivity index (χ1) is 8.15. The van der Waals surface area contributed by atoms with Crippen molar-refractivity contribution in [1.82, 2.24) is 5.32 Å². The van der Waals surface area contributed by atoms with Crippen molar-refractivity contribution in [3.63, 3.8) is 0 Å². The second-order valence-corrected chi connectivity index (χ2v) is 5.42. The van der Waals surface area contributed by atoms with E-state index >= 15 is 0 Å². The summed E-state index contributed by atoms with van der Waals surface area (Å²) < 4.78 is 19.8. The van der Waals surface area contributed by atoms with Crippen LogP contribution in [0.15, 0.2) is 21.0 Å². The van der Waals surface area contributed by atoms with Crippen LogP contribution in [0.25, 0.3) is 11.0 Å². The van der Waals surface area contributed by atoms with Crippen LogP contribution >= 0.6 is 15.9 Å². The minimum Gasteiger partial charge on any atom is -0.458 e. The van der Waals surface area contributed by atoms with Crippen LogP contribution in [-0.2, 0) is 6.54 Å². The third-order valence-electron chi connectivity index (χ3n) is 3.18. The number of aryl methyl sites for hydroxylation is 1. The Hall–Kier alpha value is -0.870. The summed E-state index contributed by atoms with van der Waals surface area (Å²) >= 11 is 3.33. The molecule has 2 nitrogen and oxygen atoms in total. The third kappa shape index (κ3) is 2.11. The Morgan fingerprint density at radius 2 is 2.24 bits per heavy atom. The molecule has 2 aromatic rings. The molecule has 1 aromatic carbocycles. The molecular formula is C13H13BrFNO. The monoisotopic (exact) mass is 297 g/mol. The summed E-state index contributed by atoms with van der Waals surface area (Å²) in [6.45, 7) is 2.70. The van der Waals surface area contributed by atoms with E-state index in [4.69, 9.17) is 4.42 Å². The second kappa shape index (κ2) is 4.10. The largest absolute Gasteiger partial charge is 0.458 e. The van der Waals surface area contributed by atoms with Crippen molar-refractivity contribution in [2.45, 2.75) is 32.4 Å². The number of rotatable bonds is 3. The van der Waals surface area contributed by atoms with Gasteiger partial charge in [0.25, 0.3) is 0 Å². The second-order valence-electron chi connectivity index (χ2n) is 4.57. The molecule has 0 spiro atoms. The summed E-state index contributed by atoms with van der Waals surface area (Å²) in [5.41, 5.74) is 1.75. The van der Waals surface area contributed by atoms with Crippen LogP contribution in [0.3, 0.4) is 0 Å². The molecule has 1 aliphatic rings. The van der Waals surface area contributed by atoms with Gasteiger partial charge < -0.3 is 9.73 Å². The summed E-state index contributed by atoms with van der Waals surface area (Å²) in [6.07, 6.45) is 2.50. The molecule has 0 saturated heterocycles. The maximum Gasteiger partial charge on any atom is 0.149 e. The summed E-state index contributed by atoms with van der Waals surface area (Å²) in [7, 11) is 0. The van der Waals surface area contributed by atoms with Gasteiger partial charge >= 0.3 is 0 Å². The average molecular weight is 298 g/mol. The maximum atomic E-state index is 13.3. The van der Waals surface area contributed by atoms with E-state index in [9.17, 15) is 4.39 Å². The minimum atomic E-state index is -0.241. The quantitative estimate of drug-likeness (QED) is 0.930. The maximum absolute atomic E-state index is 13.3. The SMILES string of the molecule is Cc1c(CNC2CC2)oc2c(Br)cc(F)cc12. The van der Waals surface area contributed by atoms with Crippen LogP contribution in [0.2, 0.25) is 0 Å². The predicted octanol–water partition coefficient (Wildman–Crippen LogP) is 3.89. The Morgan fingerprint density at radius 1 is 1.47 bits per heavy atom. The fraction of sp³-hybridized carbons (Fsp3) is 0.385. The number of hydrogen-bond donors (Lipinski definition) is 1. The Kier molecular flexibility index (Phi) is 2.71. The van der Waals surface area contributed by atoms with E-state index in [0.29, 0.717) is 10.5 Å².